The molecule has 2 fully saturated rings. The number of carboxylic acid groups (broad SMARTS) is 1. The third-order valence-corrected chi connectivity index (χ3v) is 5.51. The lowest BCUT2D eigenvalue weighted by Crippen LogP contribution is -2.63. The molecule has 1 atom stereocenters. The van der Waals surface area contributed by atoms with Crippen LogP contribution < -0.4 is 0 Å². The predicted molar refractivity (Wildman–Crippen MR) is 83.5 cm³/mol. The molecule has 3 aliphatic rings. The van der Waals surface area contributed by atoms with Crippen LogP contribution in [0, 0.1) is 0 Å². The Morgan fingerprint density at radius 1 is 1.00 bits per heavy atom. The fourth-order valence-corrected chi connectivity index (χ4v) is 4.34. The van der Waals surface area contributed by atoms with Crippen molar-refractivity contribution in [2.45, 2.75) is 62.9 Å². The van der Waals surface area contributed by atoms with Crippen LogP contribution in [0.5, 0.6) is 0 Å². The van der Waals surface area contributed by atoms with Gasteiger partial charge in [-0.15, -0.1) is 0 Å². The van der Waals surface area contributed by atoms with Crippen LogP contribution >= 0.6 is 0 Å². The zero-order valence-corrected chi connectivity index (χ0v) is 13.2. The highest BCUT2D eigenvalue weighted by molar-refractivity contribution is 5.92. The van der Waals surface area contributed by atoms with Gasteiger partial charge < -0.3 is 10.0 Å². The molecular formula is C17H26N2O3. The molecule has 2 heterocycles. The van der Waals surface area contributed by atoms with E-state index in [1.54, 1.807) is 11.0 Å². The van der Waals surface area contributed by atoms with Gasteiger partial charge in [0.05, 0.1) is 0 Å². The molecule has 0 aromatic heterocycles. The van der Waals surface area contributed by atoms with Crippen molar-refractivity contribution in [1.29, 1.82) is 0 Å². The Hall–Kier alpha value is -1.36. The Balaban J connectivity index is 1.85. The second-order valence-electron chi connectivity index (χ2n) is 6.81. The molecule has 0 aromatic carbocycles. The molecule has 5 heteroatoms. The topological polar surface area (TPSA) is 60.9 Å². The third kappa shape index (κ3) is 2.67. The standard InChI is InChI=1S/C17H26N2O3/c20-15(21)14-8-7-13-19(14)16(22)17(9-3-1-4-10-17)18-11-5-2-6-12-18/h7-8,14H,1-6,9-13H2,(H,20,21)/t14-/m0/s1. The number of amides is 1. The molecule has 1 amide bonds. The summed E-state index contributed by atoms with van der Waals surface area (Å²) in [6, 6.07) is -0.781. The number of carbonyl (C=O) groups is 2. The Kier molecular flexibility index (Phi) is 4.52. The summed E-state index contributed by atoms with van der Waals surface area (Å²) >= 11 is 0. The van der Waals surface area contributed by atoms with Gasteiger partial charge in [0.2, 0.25) is 5.91 Å². The summed E-state index contributed by atoms with van der Waals surface area (Å²) in [5, 5.41) is 9.37. The minimum Gasteiger partial charge on any atom is -0.479 e. The van der Waals surface area contributed by atoms with Crippen molar-refractivity contribution in [1.82, 2.24) is 9.80 Å². The van der Waals surface area contributed by atoms with Crippen LogP contribution in [-0.4, -0.2) is 58.0 Å². The van der Waals surface area contributed by atoms with Crippen molar-refractivity contribution < 1.29 is 14.7 Å². The Bertz CT molecular complexity index is 463. The van der Waals surface area contributed by atoms with E-state index in [9.17, 15) is 14.7 Å². The van der Waals surface area contributed by atoms with Crippen LogP contribution in [0.1, 0.15) is 51.4 Å². The maximum atomic E-state index is 13.3. The first-order valence-electron chi connectivity index (χ1n) is 8.61. The first kappa shape index (κ1) is 15.5. The highest BCUT2D eigenvalue weighted by atomic mass is 16.4. The van der Waals surface area contributed by atoms with E-state index in [0.29, 0.717) is 6.54 Å². The quantitative estimate of drug-likeness (QED) is 0.811. The van der Waals surface area contributed by atoms with Crippen molar-refractivity contribution in [3.05, 3.63) is 12.2 Å². The summed E-state index contributed by atoms with van der Waals surface area (Å²) in [5.41, 5.74) is -0.446. The maximum absolute atomic E-state index is 13.3. The number of piperidine rings is 1. The zero-order chi connectivity index (χ0) is 15.6. The average Bonchev–Trinajstić information content (AvgIpc) is 3.05. The number of aliphatic carboxylic acids is 1. The molecule has 1 N–H and O–H groups in total. The largest absolute Gasteiger partial charge is 0.479 e. The number of rotatable bonds is 3. The summed E-state index contributed by atoms with van der Waals surface area (Å²) in [7, 11) is 0. The molecule has 0 bridgehead atoms. The Morgan fingerprint density at radius 3 is 2.27 bits per heavy atom. The summed E-state index contributed by atoms with van der Waals surface area (Å²) in [6.07, 6.45) is 12.1. The van der Waals surface area contributed by atoms with Gasteiger partial charge in [-0.1, -0.05) is 37.8 Å². The average molecular weight is 306 g/mol. The number of likely N-dealkylation sites (tertiary alicyclic amines) is 1. The molecule has 1 aliphatic carbocycles. The van der Waals surface area contributed by atoms with Crippen LogP contribution in [0.3, 0.4) is 0 Å². The first-order chi connectivity index (χ1) is 10.6. The normalized spacial score (nSPS) is 28.7. The van der Waals surface area contributed by atoms with Crippen molar-refractivity contribution in [3.63, 3.8) is 0 Å². The van der Waals surface area contributed by atoms with Gasteiger partial charge in [0.1, 0.15) is 11.6 Å². The summed E-state index contributed by atoms with van der Waals surface area (Å²) in [4.78, 5) is 28.7. The lowest BCUT2D eigenvalue weighted by molar-refractivity contribution is -0.156. The van der Waals surface area contributed by atoms with Gasteiger partial charge >= 0.3 is 5.97 Å². The minimum atomic E-state index is -0.924. The van der Waals surface area contributed by atoms with Gasteiger partial charge in [-0.3, -0.25) is 9.69 Å². The maximum Gasteiger partial charge on any atom is 0.330 e. The van der Waals surface area contributed by atoms with Crippen molar-refractivity contribution in [2.24, 2.45) is 0 Å². The van der Waals surface area contributed by atoms with Crippen LogP contribution in [-0.2, 0) is 9.59 Å². The van der Waals surface area contributed by atoms with Crippen molar-refractivity contribution in [2.75, 3.05) is 19.6 Å². The SMILES string of the molecule is O=C(O)[C@@H]1C=CCN1C(=O)C1(N2CCCCC2)CCCCC1. The summed E-state index contributed by atoms with van der Waals surface area (Å²) in [6.45, 7) is 2.39. The van der Waals surface area contributed by atoms with E-state index in [1.807, 2.05) is 6.08 Å². The molecule has 0 radical (unpaired) electrons. The second kappa shape index (κ2) is 6.41. The molecule has 0 aromatic rings. The van der Waals surface area contributed by atoms with E-state index < -0.39 is 17.6 Å². The second-order valence-corrected chi connectivity index (χ2v) is 6.81. The van der Waals surface area contributed by atoms with E-state index in [2.05, 4.69) is 4.90 Å². The van der Waals surface area contributed by atoms with Crippen LogP contribution in [0.2, 0.25) is 0 Å². The van der Waals surface area contributed by atoms with E-state index in [4.69, 9.17) is 0 Å². The summed E-state index contributed by atoms with van der Waals surface area (Å²) < 4.78 is 0. The Labute approximate surface area is 132 Å². The minimum absolute atomic E-state index is 0.0477. The smallest absolute Gasteiger partial charge is 0.330 e. The van der Waals surface area contributed by atoms with Gasteiger partial charge in [0.25, 0.3) is 0 Å². The van der Waals surface area contributed by atoms with Crippen LogP contribution in [0.15, 0.2) is 12.2 Å². The molecule has 1 saturated heterocycles. The Morgan fingerprint density at radius 2 is 1.64 bits per heavy atom. The lowest BCUT2D eigenvalue weighted by atomic mass is 9.78. The number of nitrogens with zero attached hydrogens (tertiary/aromatic N) is 2. The third-order valence-electron chi connectivity index (χ3n) is 5.51. The molecule has 3 rings (SSSR count). The molecule has 22 heavy (non-hydrogen) atoms. The van der Waals surface area contributed by atoms with E-state index in [-0.39, 0.29) is 5.91 Å². The van der Waals surface area contributed by atoms with Gasteiger partial charge in [0.15, 0.2) is 0 Å². The van der Waals surface area contributed by atoms with E-state index >= 15 is 0 Å². The van der Waals surface area contributed by atoms with Gasteiger partial charge in [-0.05, 0) is 38.8 Å². The first-order valence-corrected chi connectivity index (χ1v) is 8.61. The summed E-state index contributed by atoms with van der Waals surface area (Å²) in [5.74, 6) is -0.877. The monoisotopic (exact) mass is 306 g/mol. The molecule has 0 spiro atoms. The molecule has 5 nitrogen and oxygen atoms in total. The van der Waals surface area contributed by atoms with Gasteiger partial charge in [-0.2, -0.15) is 0 Å². The lowest BCUT2D eigenvalue weighted by Gasteiger charge is -2.48. The predicted octanol–water partition coefficient (Wildman–Crippen LogP) is 2.03. The number of carbonyl (C=O) groups excluding carboxylic acids is 1. The fourth-order valence-electron chi connectivity index (χ4n) is 4.34. The zero-order valence-electron chi connectivity index (χ0n) is 13.2. The van der Waals surface area contributed by atoms with E-state index in [0.717, 1.165) is 51.6 Å². The highest BCUT2D eigenvalue weighted by Crippen LogP contribution is 2.38. The van der Waals surface area contributed by atoms with Gasteiger partial charge in [0, 0.05) is 6.54 Å². The highest BCUT2D eigenvalue weighted by Gasteiger charge is 2.49. The number of hydrogen-bond donors (Lipinski definition) is 1. The van der Waals surface area contributed by atoms with Crippen molar-refractivity contribution in [3.8, 4) is 0 Å². The molecule has 1 saturated carbocycles. The number of hydrogen-bond acceptors (Lipinski definition) is 3. The molecule has 122 valence electrons. The molecule has 2 aliphatic heterocycles. The fraction of sp³-hybridized carbons (Fsp3) is 0.765. The van der Waals surface area contributed by atoms with Gasteiger partial charge in [-0.25, -0.2) is 4.79 Å². The van der Waals surface area contributed by atoms with Crippen LogP contribution in [0.25, 0.3) is 0 Å². The molecule has 0 unspecified atom stereocenters. The van der Waals surface area contributed by atoms with E-state index in [1.165, 1.54) is 12.8 Å². The van der Waals surface area contributed by atoms with Crippen molar-refractivity contribution >= 4 is 11.9 Å². The van der Waals surface area contributed by atoms with Crippen LogP contribution in [0.4, 0.5) is 0 Å². The number of carboxylic acids is 1. The molecular weight excluding hydrogens is 280 g/mol.